The maximum absolute atomic E-state index is 12.4. The molecule has 0 aliphatic carbocycles. The molecule has 54 heavy (non-hydrogen) atoms. The summed E-state index contributed by atoms with van der Waals surface area (Å²) in [6.45, 7) is 4.15. The number of hydrogen-bond acceptors (Lipinski definition) is 3. The summed E-state index contributed by atoms with van der Waals surface area (Å²) in [6.07, 6.45) is 67.6. The van der Waals surface area contributed by atoms with Crippen molar-refractivity contribution in [3.8, 4) is 0 Å². The van der Waals surface area contributed by atoms with E-state index in [1.165, 1.54) is 70.6 Å². The first-order valence-electron chi connectivity index (χ1n) is 22.1. The molecule has 0 aliphatic rings. The van der Waals surface area contributed by atoms with Gasteiger partial charge in [0.2, 0.25) is 5.91 Å². The molecule has 0 bridgehead atoms. The lowest BCUT2D eigenvalue weighted by Crippen LogP contribution is -2.45. The van der Waals surface area contributed by atoms with Gasteiger partial charge < -0.3 is 15.5 Å². The van der Waals surface area contributed by atoms with E-state index < -0.39 is 12.1 Å². The van der Waals surface area contributed by atoms with Crippen LogP contribution in [0.5, 0.6) is 0 Å². The van der Waals surface area contributed by atoms with Crippen LogP contribution in [0.2, 0.25) is 0 Å². The van der Waals surface area contributed by atoms with Gasteiger partial charge >= 0.3 is 0 Å². The van der Waals surface area contributed by atoms with Gasteiger partial charge in [0.05, 0.1) is 18.8 Å². The molecule has 0 aromatic rings. The van der Waals surface area contributed by atoms with E-state index in [0.717, 1.165) is 89.9 Å². The molecular weight excluding hydrogens is 663 g/mol. The van der Waals surface area contributed by atoms with E-state index in [1.54, 1.807) is 6.08 Å². The van der Waals surface area contributed by atoms with Crippen molar-refractivity contribution in [2.45, 2.75) is 193 Å². The van der Waals surface area contributed by atoms with E-state index in [9.17, 15) is 15.0 Å². The Morgan fingerprint density at radius 3 is 1.30 bits per heavy atom. The van der Waals surface area contributed by atoms with Gasteiger partial charge in [-0.1, -0.05) is 194 Å². The second-order valence-corrected chi connectivity index (χ2v) is 14.4. The molecule has 2 atom stereocenters. The minimum Gasteiger partial charge on any atom is -0.394 e. The maximum atomic E-state index is 12.4. The van der Waals surface area contributed by atoms with Gasteiger partial charge in [-0.3, -0.25) is 4.79 Å². The molecular formula is C50H83NO3. The fraction of sp³-hybridized carbons (Fsp3) is 0.620. The number of amides is 1. The van der Waals surface area contributed by atoms with Crippen LogP contribution >= 0.6 is 0 Å². The molecule has 3 N–H and O–H groups in total. The van der Waals surface area contributed by atoms with Gasteiger partial charge in [0.25, 0.3) is 0 Å². The fourth-order valence-electron chi connectivity index (χ4n) is 5.88. The third-order valence-electron chi connectivity index (χ3n) is 9.24. The number of nitrogens with one attached hydrogen (secondary N) is 1. The zero-order valence-corrected chi connectivity index (χ0v) is 34.9. The topological polar surface area (TPSA) is 69.6 Å². The highest BCUT2D eigenvalue weighted by Gasteiger charge is 2.17. The molecule has 0 fully saturated rings. The molecule has 0 aliphatic heterocycles. The Kier molecular flexibility index (Phi) is 42.0. The van der Waals surface area contributed by atoms with Crippen LogP contribution in [0, 0.1) is 0 Å². The van der Waals surface area contributed by atoms with Crippen molar-refractivity contribution in [3.63, 3.8) is 0 Å². The van der Waals surface area contributed by atoms with E-state index in [-0.39, 0.29) is 12.5 Å². The standard InChI is InChI=1S/C50H83NO3/c1-3-5-7-9-11-13-15-17-19-20-21-22-23-24-25-26-27-28-29-30-32-34-36-38-40-42-44-46-50(54)51-48(47-52)49(53)45-43-41-39-37-35-33-31-18-16-14-12-10-8-6-4-2/h5,7,11,13,17,19,21-22,24-25,27-28,30,32,35,37,43,45,48-49,52-53H,3-4,6,8-10,12,14-16,18,20,23,26,29,31,33-34,36,38-42,44,46-47H2,1-2H3,(H,51,54)/b7-5-,13-11-,19-17-,22-21-,25-24-,28-27-,32-30-,37-35+,45-43+. The third kappa shape index (κ3) is 40.2. The third-order valence-corrected chi connectivity index (χ3v) is 9.24. The van der Waals surface area contributed by atoms with Crippen LogP contribution in [0.4, 0.5) is 0 Å². The van der Waals surface area contributed by atoms with Gasteiger partial charge in [-0.25, -0.2) is 0 Å². The first kappa shape index (κ1) is 51.0. The molecule has 4 heteroatoms. The molecule has 0 radical (unpaired) electrons. The van der Waals surface area contributed by atoms with Gasteiger partial charge in [-0.05, 0) is 89.9 Å². The second-order valence-electron chi connectivity index (χ2n) is 14.4. The van der Waals surface area contributed by atoms with Crippen molar-refractivity contribution in [2.24, 2.45) is 0 Å². The summed E-state index contributed by atoms with van der Waals surface area (Å²) in [5.41, 5.74) is 0. The van der Waals surface area contributed by atoms with E-state index in [4.69, 9.17) is 0 Å². The average molecular weight is 746 g/mol. The molecule has 0 saturated carbocycles. The van der Waals surface area contributed by atoms with Crippen LogP contribution in [0.25, 0.3) is 0 Å². The maximum Gasteiger partial charge on any atom is 0.220 e. The summed E-state index contributed by atoms with van der Waals surface area (Å²) < 4.78 is 0. The number of carbonyl (C=O) groups excluding carboxylic acids is 1. The van der Waals surface area contributed by atoms with Gasteiger partial charge in [0.15, 0.2) is 0 Å². The highest BCUT2D eigenvalue weighted by Crippen LogP contribution is 2.12. The Balaban J connectivity index is 3.73. The molecule has 306 valence electrons. The number of carbonyl (C=O) groups is 1. The molecule has 0 aromatic carbocycles. The summed E-state index contributed by atoms with van der Waals surface area (Å²) >= 11 is 0. The van der Waals surface area contributed by atoms with Crippen LogP contribution in [-0.2, 0) is 4.79 Å². The zero-order chi connectivity index (χ0) is 39.3. The Labute approximate surface area is 334 Å². The summed E-state index contributed by atoms with van der Waals surface area (Å²) in [6, 6.07) is -0.657. The Hall–Kier alpha value is -2.95. The highest BCUT2D eigenvalue weighted by atomic mass is 16.3. The highest BCUT2D eigenvalue weighted by molar-refractivity contribution is 5.76. The number of aliphatic hydroxyl groups is 2. The SMILES string of the molecule is CC/C=C\C/C=C\C/C=C\C/C=C\C/C=C\C/C=C\C/C=C\CCCCCCCC(=O)NC(CO)C(O)/C=C/CC/C=C/CCCCCCCCCCC. The number of allylic oxidation sites excluding steroid dienone is 17. The summed E-state index contributed by atoms with van der Waals surface area (Å²) in [4.78, 5) is 12.4. The minimum absolute atomic E-state index is 0.0988. The first-order valence-corrected chi connectivity index (χ1v) is 22.1. The van der Waals surface area contributed by atoms with Crippen LogP contribution in [0.15, 0.2) is 109 Å². The van der Waals surface area contributed by atoms with E-state index in [0.29, 0.717) is 6.42 Å². The lowest BCUT2D eigenvalue weighted by atomic mass is 10.1. The monoisotopic (exact) mass is 746 g/mol. The Morgan fingerprint density at radius 2 is 0.833 bits per heavy atom. The van der Waals surface area contributed by atoms with Gasteiger partial charge in [0, 0.05) is 6.42 Å². The van der Waals surface area contributed by atoms with Crippen molar-refractivity contribution in [3.05, 3.63) is 109 Å². The molecule has 1 amide bonds. The van der Waals surface area contributed by atoms with Crippen LogP contribution in [0.3, 0.4) is 0 Å². The van der Waals surface area contributed by atoms with Crippen LogP contribution in [0.1, 0.15) is 181 Å². The lowest BCUT2D eigenvalue weighted by molar-refractivity contribution is -0.123. The van der Waals surface area contributed by atoms with Crippen molar-refractivity contribution in [2.75, 3.05) is 6.61 Å². The summed E-state index contributed by atoms with van der Waals surface area (Å²) in [5.74, 6) is -0.0988. The van der Waals surface area contributed by atoms with Crippen molar-refractivity contribution < 1.29 is 15.0 Å². The number of hydrogen-bond donors (Lipinski definition) is 3. The van der Waals surface area contributed by atoms with Gasteiger partial charge in [0.1, 0.15) is 0 Å². The molecule has 0 spiro atoms. The lowest BCUT2D eigenvalue weighted by Gasteiger charge is -2.19. The smallest absolute Gasteiger partial charge is 0.220 e. The average Bonchev–Trinajstić information content (AvgIpc) is 3.18. The number of rotatable bonds is 38. The molecule has 0 rings (SSSR count). The van der Waals surface area contributed by atoms with Gasteiger partial charge in [-0.2, -0.15) is 0 Å². The first-order chi connectivity index (χ1) is 26.7. The normalized spacial score (nSPS) is 14.1. The second kappa shape index (κ2) is 44.4. The minimum atomic E-state index is -0.877. The molecule has 4 nitrogen and oxygen atoms in total. The van der Waals surface area contributed by atoms with Crippen LogP contribution < -0.4 is 5.32 Å². The summed E-state index contributed by atoms with van der Waals surface area (Å²) in [7, 11) is 0. The van der Waals surface area contributed by atoms with Gasteiger partial charge in [-0.15, -0.1) is 0 Å². The largest absolute Gasteiger partial charge is 0.394 e. The molecule has 0 saturated heterocycles. The summed E-state index contributed by atoms with van der Waals surface area (Å²) in [5, 5.41) is 23.0. The number of aliphatic hydroxyl groups excluding tert-OH is 2. The molecule has 2 unspecified atom stereocenters. The Morgan fingerprint density at radius 1 is 0.463 bits per heavy atom. The Bertz CT molecular complexity index is 1070. The van der Waals surface area contributed by atoms with Crippen molar-refractivity contribution >= 4 is 5.91 Å². The van der Waals surface area contributed by atoms with Crippen molar-refractivity contribution in [1.82, 2.24) is 5.32 Å². The molecule has 0 aromatic heterocycles. The van der Waals surface area contributed by atoms with E-state index >= 15 is 0 Å². The molecule has 0 heterocycles. The van der Waals surface area contributed by atoms with E-state index in [2.05, 4.69) is 116 Å². The van der Waals surface area contributed by atoms with E-state index in [1.807, 2.05) is 6.08 Å². The quantitative estimate of drug-likeness (QED) is 0.0435. The fourth-order valence-corrected chi connectivity index (χ4v) is 5.88. The predicted octanol–water partition coefficient (Wildman–Crippen LogP) is 14.0. The number of unbranched alkanes of at least 4 members (excludes halogenated alkanes) is 15. The predicted molar refractivity (Wildman–Crippen MR) is 239 cm³/mol. The zero-order valence-electron chi connectivity index (χ0n) is 34.9. The van der Waals surface area contributed by atoms with Crippen LogP contribution in [-0.4, -0.2) is 34.9 Å². The van der Waals surface area contributed by atoms with Crippen molar-refractivity contribution in [1.29, 1.82) is 0 Å².